The zero-order chi connectivity index (χ0) is 52.3. The normalized spacial score (nSPS) is 10.6. The van der Waals surface area contributed by atoms with Crippen molar-refractivity contribution in [2.75, 3.05) is 0 Å². The van der Waals surface area contributed by atoms with Crippen molar-refractivity contribution in [3.8, 4) is 0 Å². The van der Waals surface area contributed by atoms with Crippen molar-refractivity contribution in [1.82, 2.24) is 105 Å². The van der Waals surface area contributed by atoms with Crippen molar-refractivity contribution >= 4 is 66.9 Å². The van der Waals surface area contributed by atoms with Gasteiger partial charge in [-0.2, -0.15) is 0 Å². The van der Waals surface area contributed by atoms with Gasteiger partial charge in [-0.1, -0.05) is 6.07 Å². The maximum atomic E-state index is 4.30. The van der Waals surface area contributed by atoms with Gasteiger partial charge in [0.1, 0.15) is 52.1 Å². The number of hydrogen-bond donors (Lipinski definition) is 7. The van der Waals surface area contributed by atoms with Gasteiger partial charge in [-0.15, -0.1) is 0 Å². The smallest absolute Gasteiger partial charge is 0.197 e. The second kappa shape index (κ2) is 23.2. The van der Waals surface area contributed by atoms with Gasteiger partial charge in [0.05, 0.1) is 57.4 Å². The molecule has 73 heavy (non-hydrogen) atoms. The number of nitrogens with zero attached hydrogens (tertiary/aromatic N) is 14. The molecular weight excluding hydrogens is 919 g/mol. The third kappa shape index (κ3) is 14.7. The number of rotatable bonds is 0. The number of aromatic nitrogens is 21. The molecule has 0 fully saturated rings. The van der Waals surface area contributed by atoms with Crippen LogP contribution in [0.1, 0.15) is 80.5 Å². The number of benzene rings is 1. The molecule has 13 aromatic rings. The van der Waals surface area contributed by atoms with Crippen LogP contribution in [0.25, 0.3) is 66.9 Å². The summed E-state index contributed by atoms with van der Waals surface area (Å²) < 4.78 is 0. The van der Waals surface area contributed by atoms with E-state index in [1.807, 2.05) is 139 Å². The molecule has 0 amide bonds. The third-order valence-corrected chi connectivity index (χ3v) is 10.3. The first-order valence-corrected chi connectivity index (χ1v) is 23.4. The molecule has 0 radical (unpaired) electrons. The van der Waals surface area contributed by atoms with Gasteiger partial charge in [0, 0.05) is 29.5 Å². The molecule has 21 heteroatoms. The predicted octanol–water partition coefficient (Wildman–Crippen LogP) is 9.87. The molecule has 0 spiro atoms. The van der Waals surface area contributed by atoms with E-state index >= 15 is 0 Å². The molecule has 0 atom stereocenters. The van der Waals surface area contributed by atoms with Gasteiger partial charge in [-0.3, -0.25) is 4.98 Å². The van der Waals surface area contributed by atoms with Crippen LogP contribution in [0.4, 0.5) is 0 Å². The van der Waals surface area contributed by atoms with E-state index in [9.17, 15) is 0 Å². The molecule has 0 aliphatic heterocycles. The zero-order valence-electron chi connectivity index (χ0n) is 43.7. The molecule has 7 N–H and O–H groups in total. The number of fused-ring (bicyclic) bond motifs is 6. The van der Waals surface area contributed by atoms with Gasteiger partial charge < -0.3 is 34.9 Å². The van der Waals surface area contributed by atoms with E-state index in [0.717, 1.165) is 136 Å². The van der Waals surface area contributed by atoms with Gasteiger partial charge in [-0.05, 0) is 144 Å². The highest BCUT2D eigenvalue weighted by molar-refractivity contribution is 5.76. The fourth-order valence-electron chi connectivity index (χ4n) is 7.17. The number of imidazole rings is 7. The number of hydrogen-bond acceptors (Lipinski definition) is 14. The van der Waals surface area contributed by atoms with Crippen LogP contribution >= 0.6 is 0 Å². The molecule has 0 bridgehead atoms. The molecule has 0 aliphatic carbocycles. The van der Waals surface area contributed by atoms with Crippen LogP contribution in [0.5, 0.6) is 0 Å². The van der Waals surface area contributed by atoms with Gasteiger partial charge in [0.25, 0.3) is 0 Å². The highest BCUT2D eigenvalue weighted by Crippen LogP contribution is 2.14. The van der Waals surface area contributed by atoms with Crippen molar-refractivity contribution in [3.05, 3.63) is 154 Å². The fourth-order valence-corrected chi connectivity index (χ4v) is 7.17. The van der Waals surface area contributed by atoms with Crippen molar-refractivity contribution in [1.29, 1.82) is 0 Å². The lowest BCUT2D eigenvalue weighted by Gasteiger charge is -1.89. The fraction of sp³-hybridized carbons (Fsp3) is 0.269. The summed E-state index contributed by atoms with van der Waals surface area (Å²) in [4.78, 5) is 79.9. The lowest BCUT2D eigenvalue weighted by Crippen LogP contribution is -1.85. The molecule has 0 saturated carbocycles. The van der Waals surface area contributed by atoms with Crippen LogP contribution in [-0.4, -0.2) is 105 Å². The second-order valence-electron chi connectivity index (χ2n) is 17.5. The lowest BCUT2D eigenvalue weighted by molar-refractivity contribution is 1.08. The van der Waals surface area contributed by atoms with Crippen molar-refractivity contribution in [2.24, 2.45) is 0 Å². The minimum absolute atomic E-state index is 0.688. The number of aryl methyl sites for hydroxylation is 14. The molecular formula is C52H61N21. The van der Waals surface area contributed by atoms with E-state index < -0.39 is 0 Å². The van der Waals surface area contributed by atoms with E-state index in [1.54, 1.807) is 12.4 Å². The van der Waals surface area contributed by atoms with Crippen molar-refractivity contribution < 1.29 is 0 Å². The van der Waals surface area contributed by atoms with E-state index in [-0.39, 0.29) is 0 Å². The molecule has 1 aromatic carbocycles. The molecule has 12 aromatic heterocycles. The van der Waals surface area contributed by atoms with Gasteiger partial charge >= 0.3 is 0 Å². The van der Waals surface area contributed by atoms with Crippen LogP contribution < -0.4 is 0 Å². The molecule has 13 rings (SSSR count). The number of H-pyrrole nitrogens is 7. The Morgan fingerprint density at radius 3 is 1.56 bits per heavy atom. The maximum Gasteiger partial charge on any atom is 0.197 e. The largest absolute Gasteiger partial charge is 0.346 e. The summed E-state index contributed by atoms with van der Waals surface area (Å²) in [6, 6.07) is 14.2. The van der Waals surface area contributed by atoms with Crippen molar-refractivity contribution in [3.63, 3.8) is 0 Å². The summed E-state index contributed by atoms with van der Waals surface area (Å²) in [6.45, 7) is 27.2. The Labute approximate surface area is 421 Å². The van der Waals surface area contributed by atoms with E-state index in [0.29, 0.717) is 5.65 Å². The van der Waals surface area contributed by atoms with Crippen LogP contribution in [0.3, 0.4) is 0 Å². The second-order valence-corrected chi connectivity index (χ2v) is 17.5. The average molecular weight is 980 g/mol. The Kier molecular flexibility index (Phi) is 16.4. The zero-order valence-corrected chi connectivity index (χ0v) is 43.7. The molecule has 0 unspecified atom stereocenters. The Hall–Kier alpha value is -9.14. The first kappa shape index (κ1) is 51.7. The topological polar surface area (TPSA) is 291 Å². The Bertz CT molecular complexity index is 3280. The Morgan fingerprint density at radius 2 is 0.863 bits per heavy atom. The predicted molar refractivity (Wildman–Crippen MR) is 286 cm³/mol. The summed E-state index contributed by atoms with van der Waals surface area (Å²) in [5.74, 6) is 7.21. The van der Waals surface area contributed by atoms with Crippen LogP contribution in [0, 0.1) is 96.9 Å². The van der Waals surface area contributed by atoms with Crippen molar-refractivity contribution in [2.45, 2.75) is 96.9 Å². The Balaban J connectivity index is 0.000000125. The van der Waals surface area contributed by atoms with E-state index in [4.69, 9.17) is 0 Å². The average Bonchev–Trinajstić information content (AvgIpc) is 4.21. The molecule has 0 saturated heterocycles. The Morgan fingerprint density at radius 1 is 0.288 bits per heavy atom. The molecule has 0 aliphatic rings. The van der Waals surface area contributed by atoms with Gasteiger partial charge in [0.15, 0.2) is 28.2 Å². The summed E-state index contributed by atoms with van der Waals surface area (Å²) in [5.41, 5.74) is 17.4. The third-order valence-electron chi connectivity index (χ3n) is 10.3. The van der Waals surface area contributed by atoms with Crippen LogP contribution in [0.15, 0.2) is 73.4 Å². The molecule has 12 heterocycles. The SMILES string of the molecule is Cc1cc2nc(C)[nH]c2cn1.Cc1ccc2[nH]c(C)nc2n1.Cc1ccc2nc(C)[nH]c2c1.Cc1cnc(C)[nH]1.Cc1cnc2nc(C)[nH]c2c1.Cc1cnc2nc(C)[nH]c2n1.Cc1ncc2[nH]c(C)nc2n1. The van der Waals surface area contributed by atoms with E-state index in [1.165, 1.54) is 5.56 Å². The lowest BCUT2D eigenvalue weighted by atomic mass is 10.2. The summed E-state index contributed by atoms with van der Waals surface area (Å²) in [7, 11) is 0. The first-order chi connectivity index (χ1) is 34.8. The number of nitrogens with one attached hydrogen (secondary N) is 7. The summed E-state index contributed by atoms with van der Waals surface area (Å²) >= 11 is 0. The van der Waals surface area contributed by atoms with Crippen LogP contribution in [-0.2, 0) is 0 Å². The standard InChI is InChI=1S/C9H10N2.3C8H9N3.2C7H8N4.C5H8N2/c1-6-3-4-8-9(5-6)11-7(2)10-8;1-5-3-7-8(4-9-5)11-6(2)10-7;1-5-3-7-8(9-4-5)11-6(2)10-7;1-5-3-4-7-8(9-5)11-6(2)10-7;1-4-8-3-6-7(10-4)11-5(2)9-6;1-4-3-8-6-7(9-4)11-5(2)10-6;1-4-3-6-5(2)7-4/h3-5H,1-2H3,(H,10,11);3-4H,1-2H3,(H,10,11);2*3-4H,1-2H3,(H,9,10,11);2*3H,1-2H3,(H,8,9,10,11);3H,1-2H3,(H,6,7). The minimum atomic E-state index is 0.688. The monoisotopic (exact) mass is 980 g/mol. The van der Waals surface area contributed by atoms with E-state index in [2.05, 4.69) is 124 Å². The van der Waals surface area contributed by atoms with Gasteiger partial charge in [0.2, 0.25) is 0 Å². The summed E-state index contributed by atoms with van der Waals surface area (Å²) in [6.07, 6.45) is 8.91. The quantitative estimate of drug-likeness (QED) is 0.0744. The number of aromatic amines is 7. The van der Waals surface area contributed by atoms with Crippen LogP contribution in [0.2, 0.25) is 0 Å². The molecule has 21 nitrogen and oxygen atoms in total. The van der Waals surface area contributed by atoms with Gasteiger partial charge in [-0.25, -0.2) is 64.8 Å². The minimum Gasteiger partial charge on any atom is -0.346 e. The first-order valence-electron chi connectivity index (χ1n) is 23.4. The highest BCUT2D eigenvalue weighted by Gasteiger charge is 2.03. The highest BCUT2D eigenvalue weighted by atomic mass is 15.1. The number of pyridine rings is 3. The summed E-state index contributed by atoms with van der Waals surface area (Å²) in [5, 5.41) is 0. The maximum absolute atomic E-state index is 4.30. The molecule has 374 valence electrons.